The molecule has 5 heteroatoms. The van der Waals surface area contributed by atoms with Gasteiger partial charge in [0.05, 0.1) is 0 Å². The third kappa shape index (κ3) is 3.18. The summed E-state index contributed by atoms with van der Waals surface area (Å²) in [7, 11) is 0. The van der Waals surface area contributed by atoms with Crippen LogP contribution in [0.15, 0.2) is 35.5 Å². The van der Waals surface area contributed by atoms with Crippen molar-refractivity contribution in [3.8, 4) is 0 Å². The van der Waals surface area contributed by atoms with Gasteiger partial charge in [-0.2, -0.15) is 0 Å². The first kappa shape index (κ1) is 15.6. The number of hydrogen-bond donors (Lipinski definition) is 0. The fraction of sp³-hybridized carbons (Fsp3) is 0.579. The van der Waals surface area contributed by atoms with E-state index in [0.29, 0.717) is 18.2 Å². The van der Waals surface area contributed by atoms with Crippen LogP contribution in [0.4, 0.5) is 0 Å². The topological polar surface area (TPSA) is 45.1 Å². The van der Waals surface area contributed by atoms with E-state index in [1.807, 2.05) is 35.2 Å². The van der Waals surface area contributed by atoms with Crippen molar-refractivity contribution in [1.82, 2.24) is 9.80 Å². The predicted molar refractivity (Wildman–Crippen MR) is 92.7 cm³/mol. The quantitative estimate of drug-likeness (QED) is 0.854. The van der Waals surface area contributed by atoms with E-state index in [-0.39, 0.29) is 12.0 Å². The Morgan fingerprint density at radius 1 is 1.12 bits per heavy atom. The van der Waals surface area contributed by atoms with E-state index in [2.05, 4.69) is 10.1 Å². The van der Waals surface area contributed by atoms with E-state index >= 15 is 0 Å². The maximum absolute atomic E-state index is 12.9. The van der Waals surface area contributed by atoms with Gasteiger partial charge in [-0.05, 0) is 44.3 Å². The fourth-order valence-electron chi connectivity index (χ4n) is 4.07. The molecule has 2 atom stereocenters. The number of rotatable bonds is 4. The Labute approximate surface area is 143 Å². The van der Waals surface area contributed by atoms with Gasteiger partial charge >= 0.3 is 0 Å². The van der Waals surface area contributed by atoms with Crippen LogP contribution < -0.4 is 0 Å². The summed E-state index contributed by atoms with van der Waals surface area (Å²) in [5, 5.41) is 4.12. The van der Waals surface area contributed by atoms with Crippen LogP contribution >= 0.6 is 0 Å². The van der Waals surface area contributed by atoms with Gasteiger partial charge < -0.3 is 14.6 Å². The van der Waals surface area contributed by atoms with Gasteiger partial charge in [0.15, 0.2) is 6.10 Å². The number of likely N-dealkylation sites (tertiary alicyclic amines) is 2. The molecule has 3 aliphatic rings. The largest absolute Gasteiger partial charge is 0.387 e. The molecule has 1 aromatic carbocycles. The Morgan fingerprint density at radius 2 is 1.92 bits per heavy atom. The number of hydrogen-bond acceptors (Lipinski definition) is 4. The lowest BCUT2D eigenvalue weighted by Gasteiger charge is -2.28. The van der Waals surface area contributed by atoms with E-state index in [1.165, 1.54) is 25.9 Å². The van der Waals surface area contributed by atoms with Crippen molar-refractivity contribution in [1.29, 1.82) is 0 Å². The van der Waals surface area contributed by atoms with Gasteiger partial charge in [0.25, 0.3) is 5.91 Å². The molecule has 0 N–H and O–H groups in total. The van der Waals surface area contributed by atoms with Crippen LogP contribution in [0.2, 0.25) is 0 Å². The van der Waals surface area contributed by atoms with Gasteiger partial charge in [0.2, 0.25) is 0 Å². The first-order valence-electron chi connectivity index (χ1n) is 9.12. The number of nitrogens with zero attached hydrogens (tertiary/aromatic N) is 3. The van der Waals surface area contributed by atoms with Crippen LogP contribution in [0.3, 0.4) is 0 Å². The SMILES string of the molecule is O=C(C1=NO[C@H](c2ccccc2)C1)N1CCC[C@@H]1CN1CCCC1. The summed E-state index contributed by atoms with van der Waals surface area (Å²) in [6.07, 6.45) is 5.25. The fourth-order valence-corrected chi connectivity index (χ4v) is 4.07. The van der Waals surface area contributed by atoms with Gasteiger partial charge in [0, 0.05) is 25.6 Å². The highest BCUT2D eigenvalue weighted by molar-refractivity contribution is 6.39. The molecule has 4 rings (SSSR count). The molecule has 3 aliphatic heterocycles. The summed E-state index contributed by atoms with van der Waals surface area (Å²) < 4.78 is 0. The van der Waals surface area contributed by atoms with Crippen molar-refractivity contribution >= 4 is 11.6 Å². The van der Waals surface area contributed by atoms with E-state index in [4.69, 9.17) is 4.84 Å². The molecule has 1 amide bonds. The Bertz CT molecular complexity index is 610. The molecule has 24 heavy (non-hydrogen) atoms. The number of oxime groups is 1. The third-order valence-electron chi connectivity index (χ3n) is 5.39. The molecule has 0 radical (unpaired) electrons. The van der Waals surface area contributed by atoms with Crippen molar-refractivity contribution in [3.63, 3.8) is 0 Å². The zero-order valence-electron chi connectivity index (χ0n) is 14.1. The summed E-state index contributed by atoms with van der Waals surface area (Å²) in [4.78, 5) is 23.0. The zero-order valence-corrected chi connectivity index (χ0v) is 14.1. The molecule has 1 aromatic rings. The Balaban J connectivity index is 1.38. The molecule has 0 aromatic heterocycles. The summed E-state index contributed by atoms with van der Waals surface area (Å²) in [6, 6.07) is 10.4. The number of benzene rings is 1. The zero-order chi connectivity index (χ0) is 16.4. The predicted octanol–water partition coefficient (Wildman–Crippen LogP) is 2.59. The third-order valence-corrected chi connectivity index (χ3v) is 5.39. The van der Waals surface area contributed by atoms with E-state index < -0.39 is 0 Å². The van der Waals surface area contributed by atoms with Gasteiger partial charge in [0.1, 0.15) is 5.71 Å². The van der Waals surface area contributed by atoms with Gasteiger partial charge in [-0.3, -0.25) is 4.79 Å². The van der Waals surface area contributed by atoms with Crippen LogP contribution in [0, 0.1) is 0 Å². The second-order valence-electron chi connectivity index (χ2n) is 7.05. The highest BCUT2D eigenvalue weighted by Gasteiger charge is 2.36. The van der Waals surface area contributed by atoms with Crippen LogP contribution in [0.5, 0.6) is 0 Å². The maximum Gasteiger partial charge on any atom is 0.272 e. The van der Waals surface area contributed by atoms with Gasteiger partial charge in [-0.25, -0.2) is 0 Å². The molecule has 2 saturated heterocycles. The maximum atomic E-state index is 12.9. The lowest BCUT2D eigenvalue weighted by molar-refractivity contribution is -0.125. The molecule has 3 heterocycles. The first-order valence-corrected chi connectivity index (χ1v) is 9.12. The second-order valence-corrected chi connectivity index (χ2v) is 7.05. The molecule has 0 spiro atoms. The molecule has 0 bridgehead atoms. The van der Waals surface area contributed by atoms with Crippen molar-refractivity contribution < 1.29 is 9.63 Å². The highest BCUT2D eigenvalue weighted by Crippen LogP contribution is 2.29. The van der Waals surface area contributed by atoms with Crippen molar-refractivity contribution in [2.75, 3.05) is 26.2 Å². The highest BCUT2D eigenvalue weighted by atomic mass is 16.6. The minimum absolute atomic E-state index is 0.0788. The Morgan fingerprint density at radius 3 is 2.71 bits per heavy atom. The molecule has 0 unspecified atom stereocenters. The molecular weight excluding hydrogens is 302 g/mol. The van der Waals surface area contributed by atoms with Crippen LogP contribution in [-0.2, 0) is 9.63 Å². The molecule has 5 nitrogen and oxygen atoms in total. The Kier molecular flexibility index (Phi) is 4.52. The van der Waals surface area contributed by atoms with Crippen LogP contribution in [0.25, 0.3) is 0 Å². The minimum Gasteiger partial charge on any atom is -0.387 e. The smallest absolute Gasteiger partial charge is 0.272 e. The molecule has 128 valence electrons. The molecule has 0 aliphatic carbocycles. The molecule has 2 fully saturated rings. The average molecular weight is 327 g/mol. The van der Waals surface area contributed by atoms with Crippen molar-refractivity contribution in [2.24, 2.45) is 5.16 Å². The summed E-state index contributed by atoms with van der Waals surface area (Å²) in [5.74, 6) is 0.0788. The van der Waals surface area contributed by atoms with Crippen LogP contribution in [0.1, 0.15) is 43.8 Å². The van der Waals surface area contributed by atoms with Gasteiger partial charge in [-0.1, -0.05) is 35.5 Å². The van der Waals surface area contributed by atoms with Gasteiger partial charge in [-0.15, -0.1) is 0 Å². The second kappa shape index (κ2) is 6.93. The minimum atomic E-state index is -0.121. The first-order chi connectivity index (χ1) is 11.8. The lowest BCUT2D eigenvalue weighted by Crippen LogP contribution is -2.45. The average Bonchev–Trinajstić information content (AvgIpc) is 3.37. The number of amides is 1. The molecule has 0 saturated carbocycles. The Hall–Kier alpha value is -1.88. The standard InChI is InChI=1S/C19H25N3O2/c23-19(17-13-18(24-20-17)15-7-2-1-3-8-15)22-12-6-9-16(22)14-21-10-4-5-11-21/h1-3,7-8,16,18H,4-6,9-14H2/t16-,18+/m1/s1. The van der Waals surface area contributed by atoms with E-state index in [9.17, 15) is 4.79 Å². The summed E-state index contributed by atoms with van der Waals surface area (Å²) in [5.41, 5.74) is 1.66. The monoisotopic (exact) mass is 327 g/mol. The summed E-state index contributed by atoms with van der Waals surface area (Å²) >= 11 is 0. The number of carbonyl (C=O) groups is 1. The lowest BCUT2D eigenvalue weighted by atomic mass is 10.0. The van der Waals surface area contributed by atoms with E-state index in [0.717, 1.165) is 31.5 Å². The van der Waals surface area contributed by atoms with Crippen molar-refractivity contribution in [2.45, 2.75) is 44.2 Å². The van der Waals surface area contributed by atoms with Crippen LogP contribution in [-0.4, -0.2) is 53.6 Å². The van der Waals surface area contributed by atoms with E-state index in [1.54, 1.807) is 0 Å². The summed E-state index contributed by atoms with van der Waals surface area (Å²) in [6.45, 7) is 4.23. The van der Waals surface area contributed by atoms with Crippen molar-refractivity contribution in [3.05, 3.63) is 35.9 Å². The number of carbonyl (C=O) groups excluding carboxylic acids is 1. The normalized spacial score (nSPS) is 27.3. The molecular formula is C19H25N3O2.